The van der Waals surface area contributed by atoms with Crippen molar-refractivity contribution < 1.29 is 33.0 Å². The van der Waals surface area contributed by atoms with Gasteiger partial charge in [-0.1, -0.05) is 0 Å². The molecule has 0 radical (unpaired) electrons. The molecule has 0 saturated carbocycles. The number of fused-ring (bicyclic) bond motifs is 6. The maximum absolute atomic E-state index is 12.3. The Bertz CT molecular complexity index is 1870. The van der Waals surface area contributed by atoms with Gasteiger partial charge in [-0.2, -0.15) is 0 Å². The first-order chi connectivity index (χ1) is 25.7. The lowest BCUT2D eigenvalue weighted by Crippen LogP contribution is -2.28. The van der Waals surface area contributed by atoms with E-state index < -0.39 is 19.3 Å². The highest BCUT2D eigenvalue weighted by Gasteiger charge is 2.32. The summed E-state index contributed by atoms with van der Waals surface area (Å²) in [5, 5.41) is 14.2. The van der Waals surface area contributed by atoms with E-state index >= 15 is 0 Å². The zero-order chi connectivity index (χ0) is 37.5. The second-order valence-electron chi connectivity index (χ2n) is 15.1. The Morgan fingerprint density at radius 1 is 0.736 bits per heavy atom. The minimum absolute atomic E-state index is 0.0651. The molecule has 4 aliphatic rings. The van der Waals surface area contributed by atoms with Crippen LogP contribution in [0.25, 0.3) is 21.8 Å². The number of hydrogen-bond acceptors (Lipinski definition) is 5. The van der Waals surface area contributed by atoms with Gasteiger partial charge in [-0.05, 0) is 135 Å². The fourth-order valence-electron chi connectivity index (χ4n) is 9.33. The summed E-state index contributed by atoms with van der Waals surface area (Å²) in [6, 6.07) is 11.4. The number of alkyl halides is 2. The Kier molecular flexibility index (Phi) is 13.2. The first kappa shape index (κ1) is 38.9. The molecule has 2 unspecified atom stereocenters. The molecule has 2 aromatic heterocycles. The molecular formula is C42H56F2N4O5. The van der Waals surface area contributed by atoms with Gasteiger partial charge in [0.1, 0.15) is 13.3 Å². The maximum Gasteiger partial charge on any atom is 0.335 e. The third kappa shape index (κ3) is 8.63. The van der Waals surface area contributed by atoms with Gasteiger partial charge >= 0.3 is 5.97 Å². The van der Waals surface area contributed by atoms with E-state index in [1.165, 1.54) is 71.9 Å². The molecule has 4 heterocycles. The van der Waals surface area contributed by atoms with Gasteiger partial charge < -0.3 is 34.8 Å². The molecule has 11 heteroatoms. The number of ether oxygens (including phenoxy) is 2. The van der Waals surface area contributed by atoms with E-state index in [1.54, 1.807) is 6.07 Å². The van der Waals surface area contributed by atoms with Crippen LogP contribution in [0.15, 0.2) is 36.4 Å². The van der Waals surface area contributed by atoms with E-state index in [4.69, 9.17) is 9.47 Å². The molecule has 0 bridgehead atoms. The highest BCUT2D eigenvalue weighted by Crippen LogP contribution is 2.41. The van der Waals surface area contributed by atoms with Crippen LogP contribution in [0.5, 0.6) is 0 Å². The molecule has 1 amide bonds. The second-order valence-corrected chi connectivity index (χ2v) is 15.1. The van der Waals surface area contributed by atoms with E-state index in [0.717, 1.165) is 74.8 Å². The van der Waals surface area contributed by atoms with E-state index in [2.05, 4.69) is 34.3 Å². The fourth-order valence-corrected chi connectivity index (χ4v) is 9.33. The number of benzene rings is 2. The van der Waals surface area contributed by atoms with Crippen LogP contribution in [-0.2, 0) is 49.3 Å². The molecular weight excluding hydrogens is 678 g/mol. The van der Waals surface area contributed by atoms with E-state index in [9.17, 15) is 23.5 Å². The topological polar surface area (TPSA) is 121 Å². The molecule has 2 fully saturated rings. The maximum atomic E-state index is 12.3. The average Bonchev–Trinajstić information content (AvgIpc) is 3.66. The normalized spacial score (nSPS) is 20.5. The van der Waals surface area contributed by atoms with Crippen LogP contribution in [0.2, 0.25) is 0 Å². The second kappa shape index (κ2) is 18.0. The Balaban J connectivity index is 0.000000166. The Morgan fingerprint density at radius 3 is 1.62 bits per heavy atom. The van der Waals surface area contributed by atoms with Crippen LogP contribution < -0.4 is 11.1 Å². The summed E-state index contributed by atoms with van der Waals surface area (Å²) in [7, 11) is 4.23. The summed E-state index contributed by atoms with van der Waals surface area (Å²) in [5.74, 6) is 1.89. The molecule has 2 saturated heterocycles. The number of halogens is 2. The number of carboxylic acids is 1. The highest BCUT2D eigenvalue weighted by atomic mass is 19.1. The Hall–Kier alpha value is -3.80. The van der Waals surface area contributed by atoms with Gasteiger partial charge in [0.05, 0.1) is 5.56 Å². The molecule has 2 aliphatic carbocycles. The SMILES string of the molecule is Cn1c2c(c3cc(C(=O)NCCF)ccc31)CC(C1CCOCC1)CC2.Cn1c2c(c3cc(C(=O)O)ccc31)CC(C1CCOCC1)CC2.NCCF. The molecule has 2 aromatic carbocycles. The molecule has 2 aliphatic heterocycles. The van der Waals surface area contributed by atoms with Crippen LogP contribution in [0.1, 0.15) is 81.8 Å². The molecule has 53 heavy (non-hydrogen) atoms. The quantitative estimate of drug-likeness (QED) is 0.194. The van der Waals surface area contributed by atoms with Gasteiger partial charge in [-0.15, -0.1) is 0 Å². The molecule has 4 aromatic rings. The van der Waals surface area contributed by atoms with Crippen molar-refractivity contribution in [2.45, 2.75) is 64.2 Å². The van der Waals surface area contributed by atoms with Crippen LogP contribution in [0, 0.1) is 23.7 Å². The van der Waals surface area contributed by atoms with Crippen molar-refractivity contribution in [3.8, 4) is 0 Å². The summed E-state index contributed by atoms with van der Waals surface area (Å²) in [6.45, 7) is 2.85. The van der Waals surface area contributed by atoms with E-state index in [0.29, 0.717) is 23.0 Å². The third-order valence-corrected chi connectivity index (χ3v) is 12.2. The van der Waals surface area contributed by atoms with Gasteiger partial charge in [-0.3, -0.25) is 4.79 Å². The van der Waals surface area contributed by atoms with Crippen molar-refractivity contribution in [3.05, 3.63) is 70.0 Å². The molecule has 8 rings (SSSR count). The number of amides is 1. The highest BCUT2D eigenvalue weighted by molar-refractivity contribution is 5.99. The monoisotopic (exact) mass is 734 g/mol. The lowest BCUT2D eigenvalue weighted by molar-refractivity contribution is 0.0438. The van der Waals surface area contributed by atoms with Crippen molar-refractivity contribution in [1.82, 2.24) is 14.5 Å². The number of aryl methyl sites for hydroxylation is 2. The summed E-state index contributed by atoms with van der Waals surface area (Å²) >= 11 is 0. The van der Waals surface area contributed by atoms with Crippen LogP contribution >= 0.6 is 0 Å². The zero-order valence-corrected chi connectivity index (χ0v) is 31.3. The lowest BCUT2D eigenvalue weighted by atomic mass is 9.75. The zero-order valence-electron chi connectivity index (χ0n) is 31.3. The number of nitrogens with two attached hydrogens (primary N) is 1. The summed E-state index contributed by atoms with van der Waals surface area (Å²) in [6.07, 6.45) is 11.5. The number of aromatic nitrogens is 2. The number of nitrogens with one attached hydrogen (secondary N) is 1. The van der Waals surface area contributed by atoms with Gasteiger partial charge in [0.15, 0.2) is 0 Å². The average molecular weight is 735 g/mol. The van der Waals surface area contributed by atoms with Crippen molar-refractivity contribution in [3.63, 3.8) is 0 Å². The number of hydrogen-bond donors (Lipinski definition) is 3. The van der Waals surface area contributed by atoms with Gasteiger partial charge in [0.25, 0.3) is 5.91 Å². The third-order valence-electron chi connectivity index (χ3n) is 12.2. The van der Waals surface area contributed by atoms with Crippen LogP contribution in [0.3, 0.4) is 0 Å². The number of aromatic carboxylic acids is 1. The van der Waals surface area contributed by atoms with Gasteiger partial charge in [0, 0.05) is 92.4 Å². The molecule has 4 N–H and O–H groups in total. The largest absolute Gasteiger partial charge is 0.478 e. The molecule has 2 atom stereocenters. The van der Waals surface area contributed by atoms with Crippen molar-refractivity contribution >= 4 is 33.7 Å². The van der Waals surface area contributed by atoms with E-state index in [-0.39, 0.29) is 19.0 Å². The number of carboxylic acid groups (broad SMARTS) is 1. The van der Waals surface area contributed by atoms with Gasteiger partial charge in [0.2, 0.25) is 0 Å². The van der Waals surface area contributed by atoms with Gasteiger partial charge in [-0.25, -0.2) is 13.6 Å². The minimum Gasteiger partial charge on any atom is -0.478 e. The standard InChI is InChI=1S/C21H27FN2O2.C19H23NO3.C2H6FN/c1-24-19-4-2-15(14-6-10-26-11-7-14)12-17(19)18-13-16(3-5-20(18)24)21(25)23-9-8-22;1-20-17-4-2-13(12-6-8-23-9-7-12)10-15(17)16-11-14(19(21)22)3-5-18(16)20;3-1-2-4/h3,5,13-15H,2,4,6-12H2,1H3,(H,23,25);3,5,11-13H,2,4,6-10H2,1H3,(H,21,22);1-2,4H2. The first-order valence-electron chi connectivity index (χ1n) is 19.4. The molecule has 288 valence electrons. The molecule has 9 nitrogen and oxygen atoms in total. The van der Waals surface area contributed by atoms with Crippen molar-refractivity contribution in [2.24, 2.45) is 43.5 Å². The predicted molar refractivity (Wildman–Crippen MR) is 204 cm³/mol. The van der Waals surface area contributed by atoms with E-state index in [1.807, 2.05) is 30.3 Å². The summed E-state index contributed by atoms with van der Waals surface area (Å²) in [4.78, 5) is 23.5. The Labute approximate surface area is 311 Å². The number of nitrogens with zero attached hydrogens (tertiary/aromatic N) is 2. The molecule has 0 spiro atoms. The number of carbonyl (C=O) groups is 2. The van der Waals surface area contributed by atoms with Crippen LogP contribution in [-0.4, -0.2) is 79.0 Å². The van der Waals surface area contributed by atoms with Crippen LogP contribution in [0.4, 0.5) is 8.78 Å². The first-order valence-corrected chi connectivity index (χ1v) is 19.4. The lowest BCUT2D eigenvalue weighted by Gasteiger charge is -2.33. The fraction of sp³-hybridized carbons (Fsp3) is 0.571. The number of carbonyl (C=O) groups excluding carboxylic acids is 1. The predicted octanol–water partition coefficient (Wildman–Crippen LogP) is 6.73. The van der Waals surface area contributed by atoms with Crippen molar-refractivity contribution in [1.29, 1.82) is 0 Å². The summed E-state index contributed by atoms with van der Waals surface area (Å²) < 4.78 is 38.5. The minimum atomic E-state index is -0.846. The van der Waals surface area contributed by atoms with Crippen molar-refractivity contribution in [2.75, 3.05) is 52.9 Å². The summed E-state index contributed by atoms with van der Waals surface area (Å²) in [5.41, 5.74) is 13.6. The number of rotatable bonds is 7. The Morgan fingerprint density at radius 2 is 1.19 bits per heavy atom. The smallest absolute Gasteiger partial charge is 0.335 e.